The monoisotopic (exact) mass is 464 g/mol. The molecule has 8 heteroatoms. The lowest BCUT2D eigenvalue weighted by Gasteiger charge is -2.26. The summed E-state index contributed by atoms with van der Waals surface area (Å²) >= 11 is 0. The van der Waals surface area contributed by atoms with Crippen molar-refractivity contribution in [2.75, 3.05) is 25.7 Å². The minimum atomic E-state index is -3.68. The van der Waals surface area contributed by atoms with Gasteiger partial charge in [-0.3, -0.25) is 9.13 Å². The lowest BCUT2D eigenvalue weighted by atomic mass is 10.1. The first-order valence-electron chi connectivity index (χ1n) is 10.8. The van der Waals surface area contributed by atoms with Gasteiger partial charge in [-0.05, 0) is 80.2 Å². The molecule has 0 rings (SSSR count). The fourth-order valence-electron chi connectivity index (χ4n) is 2.86. The van der Waals surface area contributed by atoms with E-state index in [1.807, 2.05) is 6.92 Å². The van der Waals surface area contributed by atoms with Crippen LogP contribution in [-0.4, -0.2) is 36.7 Å². The van der Waals surface area contributed by atoms with Crippen molar-refractivity contribution in [1.29, 1.82) is 0 Å². The largest absolute Gasteiger partial charge is 0.379 e. The normalized spacial score (nSPS) is 16.3. The first-order chi connectivity index (χ1) is 14.0. The quantitative estimate of drug-likeness (QED) is 0.191. The Bertz CT molecular complexity index is 667. The van der Waals surface area contributed by atoms with E-state index in [1.54, 1.807) is 26.8 Å². The molecule has 176 valence electrons. The van der Waals surface area contributed by atoms with Crippen molar-refractivity contribution < 1.29 is 27.8 Å². The van der Waals surface area contributed by atoms with Crippen LogP contribution in [-0.2, 0) is 22.7 Å². The topological polar surface area (TPSA) is 82.1 Å². The average molecular weight is 465 g/mol. The Balaban J connectivity index is 5.11. The minimum absolute atomic E-state index is 0.132. The van der Waals surface area contributed by atoms with Crippen LogP contribution in [0.3, 0.4) is 0 Å². The Morgan fingerprint density at radius 3 is 1.83 bits per heavy atom. The highest BCUT2D eigenvalue weighted by Crippen LogP contribution is 2.65. The maximum Gasteiger partial charge on any atom is 0.340 e. The molecule has 2 unspecified atom stereocenters. The Kier molecular flexibility index (Phi) is 15.1. The van der Waals surface area contributed by atoms with Crippen molar-refractivity contribution >= 4 is 15.0 Å². The van der Waals surface area contributed by atoms with Gasteiger partial charge in [0.1, 0.15) is 11.7 Å². The highest BCUT2D eigenvalue weighted by Gasteiger charge is 2.41. The average Bonchev–Trinajstić information content (AvgIpc) is 2.61. The van der Waals surface area contributed by atoms with Gasteiger partial charge in [0.25, 0.3) is 0 Å². The van der Waals surface area contributed by atoms with Gasteiger partial charge in [0.2, 0.25) is 7.37 Å². The molecular weight excluding hydrogens is 422 g/mol. The zero-order valence-corrected chi connectivity index (χ0v) is 21.6. The van der Waals surface area contributed by atoms with Crippen LogP contribution in [0.2, 0.25) is 0 Å². The fourth-order valence-corrected chi connectivity index (χ4v) is 8.37. The second-order valence-corrected chi connectivity index (χ2v) is 12.7. The van der Waals surface area contributed by atoms with Gasteiger partial charge in [0.15, 0.2) is 0 Å². The van der Waals surface area contributed by atoms with Crippen LogP contribution >= 0.6 is 15.0 Å². The van der Waals surface area contributed by atoms with Gasteiger partial charge >= 0.3 is 7.60 Å². The van der Waals surface area contributed by atoms with E-state index in [9.17, 15) is 14.2 Å². The molecule has 0 amide bonds. The summed E-state index contributed by atoms with van der Waals surface area (Å²) < 4.78 is 42.0. The molecule has 0 saturated carbocycles. The Hall–Kier alpha value is -0.480. The van der Waals surface area contributed by atoms with Crippen LogP contribution in [0.25, 0.3) is 0 Å². The van der Waals surface area contributed by atoms with Crippen molar-refractivity contribution in [1.82, 2.24) is 0 Å². The molecule has 2 atom stereocenters. The Morgan fingerprint density at radius 2 is 1.33 bits per heavy atom. The summed E-state index contributed by atoms with van der Waals surface area (Å²) in [5.74, 6) is -1.79. The summed E-state index contributed by atoms with van der Waals surface area (Å²) in [5, 5.41) is 10.6. The molecule has 0 bridgehead atoms. The van der Waals surface area contributed by atoms with E-state index in [0.717, 1.165) is 31.3 Å². The van der Waals surface area contributed by atoms with Gasteiger partial charge in [0, 0.05) is 0 Å². The van der Waals surface area contributed by atoms with E-state index in [-0.39, 0.29) is 19.8 Å². The summed E-state index contributed by atoms with van der Waals surface area (Å²) in [6.45, 7) is 13.7. The molecule has 0 spiro atoms. The van der Waals surface area contributed by atoms with Gasteiger partial charge in [-0.15, -0.1) is 0 Å². The number of aliphatic hydroxyl groups excluding tert-OH is 1. The molecule has 0 aliphatic carbocycles. The lowest BCUT2D eigenvalue weighted by molar-refractivity contribution is 0.216. The van der Waals surface area contributed by atoms with Gasteiger partial charge < -0.3 is 18.7 Å². The van der Waals surface area contributed by atoms with Gasteiger partial charge in [-0.25, -0.2) is 0 Å². The SMILES string of the molecule is CCOP(=O)(CP(=O)(OCC)C(O)/C=C(\C)CC/C=C(\C)CCC=C(C)C)OCC. The number of allylic oxidation sites excluding steroid dienone is 5. The molecule has 0 fully saturated rings. The molecule has 0 aromatic carbocycles. The molecule has 0 aromatic heterocycles. The summed E-state index contributed by atoms with van der Waals surface area (Å²) in [4.78, 5) is 0. The lowest BCUT2D eigenvalue weighted by Crippen LogP contribution is -2.13. The number of hydrogen-bond donors (Lipinski definition) is 1. The first kappa shape index (κ1) is 29.5. The summed E-state index contributed by atoms with van der Waals surface area (Å²) in [6, 6.07) is 0. The Labute approximate surface area is 183 Å². The molecule has 0 heterocycles. The molecule has 6 nitrogen and oxygen atoms in total. The van der Waals surface area contributed by atoms with E-state index in [2.05, 4.69) is 32.9 Å². The van der Waals surface area contributed by atoms with Crippen LogP contribution in [0.5, 0.6) is 0 Å². The number of rotatable bonds is 16. The molecule has 30 heavy (non-hydrogen) atoms. The molecule has 1 N–H and O–H groups in total. The van der Waals surface area contributed by atoms with Gasteiger partial charge in [-0.1, -0.05) is 28.9 Å². The molecule has 0 aliphatic rings. The van der Waals surface area contributed by atoms with E-state index in [4.69, 9.17) is 13.6 Å². The molecule has 0 radical (unpaired) electrons. The van der Waals surface area contributed by atoms with Crippen LogP contribution in [0.4, 0.5) is 0 Å². The number of hydrogen-bond acceptors (Lipinski definition) is 6. The van der Waals surface area contributed by atoms with Gasteiger partial charge in [0.05, 0.1) is 19.8 Å². The summed E-state index contributed by atoms with van der Waals surface area (Å²) in [5.41, 5.74) is 3.56. The van der Waals surface area contributed by atoms with Crippen LogP contribution < -0.4 is 0 Å². The first-order valence-corrected chi connectivity index (χ1v) is 14.4. The molecular formula is C22H42O6P2. The predicted octanol–water partition coefficient (Wildman–Crippen LogP) is 7.26. The smallest absolute Gasteiger partial charge is 0.340 e. The standard InChI is InChI=1S/C22H42O6P2/c1-8-26-29(24,18-30(25,27-9-2)28-10-3)22(23)17-21(7)16-12-15-20(6)14-11-13-19(4)5/h13,15,17,22-23H,8-12,14,16,18H2,1-7H3/b20-15+,21-17+. The molecule has 0 saturated heterocycles. The maximum absolute atomic E-state index is 13.3. The van der Waals surface area contributed by atoms with E-state index >= 15 is 0 Å². The summed E-state index contributed by atoms with van der Waals surface area (Å²) in [7, 11) is -7.29. The van der Waals surface area contributed by atoms with Crippen molar-refractivity contribution in [2.24, 2.45) is 0 Å². The molecule has 0 aliphatic heterocycles. The third-order valence-corrected chi connectivity index (χ3v) is 10.2. The fraction of sp³-hybridized carbons (Fsp3) is 0.727. The van der Waals surface area contributed by atoms with Crippen LogP contribution in [0, 0.1) is 0 Å². The van der Waals surface area contributed by atoms with Crippen molar-refractivity contribution in [3.05, 3.63) is 34.9 Å². The van der Waals surface area contributed by atoms with Crippen molar-refractivity contribution in [2.45, 2.75) is 80.0 Å². The van der Waals surface area contributed by atoms with E-state index in [1.165, 1.54) is 11.1 Å². The van der Waals surface area contributed by atoms with E-state index < -0.39 is 26.7 Å². The maximum atomic E-state index is 13.3. The zero-order chi connectivity index (χ0) is 23.2. The highest BCUT2D eigenvalue weighted by molar-refractivity contribution is 7.74. The third-order valence-electron chi connectivity index (χ3n) is 4.33. The number of aliphatic hydroxyl groups is 1. The predicted molar refractivity (Wildman–Crippen MR) is 126 cm³/mol. The van der Waals surface area contributed by atoms with Crippen molar-refractivity contribution in [3.8, 4) is 0 Å². The van der Waals surface area contributed by atoms with E-state index in [0.29, 0.717) is 0 Å². The minimum Gasteiger partial charge on any atom is -0.379 e. The summed E-state index contributed by atoms with van der Waals surface area (Å²) in [6.07, 6.45) is 9.61. The second kappa shape index (κ2) is 15.3. The van der Waals surface area contributed by atoms with Crippen LogP contribution in [0.1, 0.15) is 74.1 Å². The molecule has 0 aromatic rings. The zero-order valence-electron chi connectivity index (χ0n) is 19.8. The second-order valence-electron chi connectivity index (χ2n) is 7.57. The van der Waals surface area contributed by atoms with Crippen molar-refractivity contribution in [3.63, 3.8) is 0 Å². The van der Waals surface area contributed by atoms with Crippen LogP contribution in [0.15, 0.2) is 34.9 Å². The highest BCUT2D eigenvalue weighted by atomic mass is 31.2. The van der Waals surface area contributed by atoms with Gasteiger partial charge in [-0.2, -0.15) is 0 Å². The third kappa shape index (κ3) is 12.4. The Morgan fingerprint density at radius 1 is 0.833 bits per heavy atom.